The van der Waals surface area contributed by atoms with Crippen LogP contribution in [0.3, 0.4) is 0 Å². The first-order chi connectivity index (χ1) is 21.6. The SMILES string of the molecule is O=c1ccc2ccc(OCCCCN3CCN(c4cccc5sccc45)CC3)cc2n1COC(O)NCCc1ccccc1. The van der Waals surface area contributed by atoms with Gasteiger partial charge in [0, 0.05) is 60.6 Å². The van der Waals surface area contributed by atoms with E-state index in [0.29, 0.717) is 18.7 Å². The maximum atomic E-state index is 12.7. The van der Waals surface area contributed by atoms with Gasteiger partial charge in [0.25, 0.3) is 5.56 Å². The molecular formula is C35H40N4O4S. The number of aliphatic hydroxyl groups excluding tert-OH is 1. The molecule has 44 heavy (non-hydrogen) atoms. The fraction of sp³-hybridized carbons (Fsp3) is 0.343. The number of rotatable bonds is 14. The van der Waals surface area contributed by atoms with Crippen LogP contribution in [0.25, 0.3) is 21.0 Å². The highest BCUT2D eigenvalue weighted by Gasteiger charge is 2.18. The summed E-state index contributed by atoms with van der Waals surface area (Å²) in [5.41, 5.74) is 3.04. The highest BCUT2D eigenvalue weighted by molar-refractivity contribution is 7.17. The number of benzene rings is 3. The molecule has 3 aromatic carbocycles. The van der Waals surface area contributed by atoms with Gasteiger partial charge in [-0.25, -0.2) is 0 Å². The number of nitrogens with one attached hydrogen (secondary N) is 1. The molecule has 1 unspecified atom stereocenters. The lowest BCUT2D eigenvalue weighted by molar-refractivity contribution is -0.143. The molecule has 0 spiro atoms. The monoisotopic (exact) mass is 612 g/mol. The normalized spacial score (nSPS) is 14.8. The number of ether oxygens (including phenoxy) is 2. The van der Waals surface area contributed by atoms with E-state index in [-0.39, 0.29) is 12.3 Å². The number of nitrogens with zero attached hydrogens (tertiary/aromatic N) is 3. The van der Waals surface area contributed by atoms with Crippen LogP contribution in [-0.2, 0) is 17.9 Å². The lowest BCUT2D eigenvalue weighted by Gasteiger charge is -2.36. The van der Waals surface area contributed by atoms with Crippen molar-refractivity contribution in [2.24, 2.45) is 0 Å². The van der Waals surface area contributed by atoms with Crippen LogP contribution in [0.5, 0.6) is 5.75 Å². The number of pyridine rings is 1. The molecule has 3 heterocycles. The minimum absolute atomic E-state index is 0.0746. The highest BCUT2D eigenvalue weighted by Crippen LogP contribution is 2.31. The molecule has 2 aromatic heterocycles. The number of thiophene rings is 1. The number of fused-ring (bicyclic) bond motifs is 2. The third kappa shape index (κ3) is 7.67. The van der Waals surface area contributed by atoms with Gasteiger partial charge >= 0.3 is 0 Å². The summed E-state index contributed by atoms with van der Waals surface area (Å²) in [7, 11) is 0. The maximum absolute atomic E-state index is 12.7. The standard InChI is InChI=1S/C35H40N4O4S/c40-34-14-12-28-11-13-29(25-32(28)39(34)26-43-35(41)36-17-15-27-7-2-1-3-8-27)42-23-5-4-18-37-19-21-38(22-20-37)31-9-6-10-33-30(31)16-24-44-33/h1-3,6-14,16,24-25,35-36,41H,4-5,15,17-23,26H2. The lowest BCUT2D eigenvalue weighted by Crippen LogP contribution is -2.46. The van der Waals surface area contributed by atoms with E-state index in [9.17, 15) is 9.90 Å². The Labute approximate surface area is 262 Å². The number of hydrogen-bond donors (Lipinski definition) is 2. The summed E-state index contributed by atoms with van der Waals surface area (Å²) in [5.74, 6) is 0.717. The maximum Gasteiger partial charge on any atom is 0.252 e. The number of piperazine rings is 1. The van der Waals surface area contributed by atoms with E-state index in [1.165, 1.54) is 32.0 Å². The summed E-state index contributed by atoms with van der Waals surface area (Å²) in [4.78, 5) is 17.7. The molecule has 1 aliphatic heterocycles. The second-order valence-corrected chi connectivity index (χ2v) is 12.1. The molecule has 230 valence electrons. The number of aromatic nitrogens is 1. The van der Waals surface area contributed by atoms with Crippen LogP contribution in [-0.4, -0.2) is 66.9 Å². The third-order valence-corrected chi connectivity index (χ3v) is 9.11. The van der Waals surface area contributed by atoms with E-state index in [1.54, 1.807) is 17.4 Å². The highest BCUT2D eigenvalue weighted by atomic mass is 32.1. The summed E-state index contributed by atoms with van der Waals surface area (Å²) in [6.45, 7) is 6.40. The van der Waals surface area contributed by atoms with E-state index >= 15 is 0 Å². The zero-order valence-corrected chi connectivity index (χ0v) is 25.8. The zero-order chi connectivity index (χ0) is 30.1. The summed E-state index contributed by atoms with van der Waals surface area (Å²) in [6.07, 6.45) is 1.61. The Balaban J connectivity index is 0.940. The molecule has 0 aliphatic carbocycles. The van der Waals surface area contributed by atoms with Crippen molar-refractivity contribution in [3.8, 4) is 5.75 Å². The molecule has 0 radical (unpaired) electrons. The van der Waals surface area contributed by atoms with Crippen molar-refractivity contribution in [3.63, 3.8) is 0 Å². The van der Waals surface area contributed by atoms with Crippen LogP contribution in [0.15, 0.2) is 95.1 Å². The van der Waals surface area contributed by atoms with E-state index < -0.39 is 6.41 Å². The van der Waals surface area contributed by atoms with Crippen LogP contribution in [0.4, 0.5) is 5.69 Å². The van der Waals surface area contributed by atoms with Crippen molar-refractivity contribution in [1.29, 1.82) is 0 Å². The fourth-order valence-electron chi connectivity index (χ4n) is 5.77. The summed E-state index contributed by atoms with van der Waals surface area (Å²) in [6, 6.07) is 28.0. The molecule has 9 heteroatoms. The zero-order valence-electron chi connectivity index (χ0n) is 24.9. The van der Waals surface area contributed by atoms with Gasteiger partial charge in [-0.3, -0.25) is 19.6 Å². The summed E-state index contributed by atoms with van der Waals surface area (Å²) in [5, 5.41) is 17.7. The van der Waals surface area contributed by atoms with E-state index in [2.05, 4.69) is 44.8 Å². The molecule has 5 aromatic rings. The molecule has 1 aliphatic rings. The molecule has 6 rings (SSSR count). The molecule has 2 N–H and O–H groups in total. The molecule has 1 fully saturated rings. The van der Waals surface area contributed by atoms with Gasteiger partial charge in [0.05, 0.1) is 12.1 Å². The van der Waals surface area contributed by atoms with Gasteiger partial charge in [0.1, 0.15) is 12.5 Å². The Hall–Kier alpha value is -3.73. The molecule has 0 amide bonds. The predicted molar refractivity (Wildman–Crippen MR) is 179 cm³/mol. The molecule has 0 saturated carbocycles. The molecule has 8 nitrogen and oxygen atoms in total. The fourth-order valence-corrected chi connectivity index (χ4v) is 6.58. The van der Waals surface area contributed by atoms with Crippen LogP contribution >= 0.6 is 11.3 Å². The Morgan fingerprint density at radius 3 is 2.61 bits per heavy atom. The third-order valence-electron chi connectivity index (χ3n) is 8.22. The second kappa shape index (κ2) is 14.8. The summed E-state index contributed by atoms with van der Waals surface area (Å²) >= 11 is 1.81. The van der Waals surface area contributed by atoms with Crippen molar-refractivity contribution in [3.05, 3.63) is 106 Å². The van der Waals surface area contributed by atoms with E-state index in [0.717, 1.165) is 63.1 Å². The van der Waals surface area contributed by atoms with Gasteiger partial charge in [-0.1, -0.05) is 36.4 Å². The average molecular weight is 613 g/mol. The van der Waals surface area contributed by atoms with Gasteiger partial charge < -0.3 is 19.5 Å². The Kier molecular flexibility index (Phi) is 10.2. The van der Waals surface area contributed by atoms with Crippen LogP contribution < -0.4 is 20.5 Å². The van der Waals surface area contributed by atoms with E-state index in [4.69, 9.17) is 9.47 Å². The van der Waals surface area contributed by atoms with Crippen LogP contribution in [0.2, 0.25) is 0 Å². The molecular weight excluding hydrogens is 572 g/mol. The van der Waals surface area contributed by atoms with Crippen molar-refractivity contribution in [2.75, 3.05) is 50.8 Å². The van der Waals surface area contributed by atoms with Crippen LogP contribution in [0.1, 0.15) is 18.4 Å². The van der Waals surface area contributed by atoms with Gasteiger partial charge in [-0.15, -0.1) is 11.3 Å². The molecule has 1 saturated heterocycles. The molecule has 0 bridgehead atoms. The van der Waals surface area contributed by atoms with Gasteiger partial charge in [0.2, 0.25) is 6.41 Å². The number of unbranched alkanes of at least 4 members (excludes halogenated alkanes) is 1. The number of aliphatic hydroxyl groups is 1. The van der Waals surface area contributed by atoms with E-state index in [1.807, 2.05) is 48.5 Å². The summed E-state index contributed by atoms with van der Waals surface area (Å²) < 4.78 is 14.5. The number of hydrogen-bond acceptors (Lipinski definition) is 8. The van der Waals surface area contributed by atoms with Gasteiger partial charge in [-0.2, -0.15) is 0 Å². The first-order valence-corrected chi connectivity index (χ1v) is 16.3. The minimum atomic E-state index is -1.18. The van der Waals surface area contributed by atoms with Crippen molar-refractivity contribution in [1.82, 2.24) is 14.8 Å². The number of anilines is 1. The quantitative estimate of drug-likeness (QED) is 0.131. The largest absolute Gasteiger partial charge is 0.494 e. The molecule has 1 atom stereocenters. The van der Waals surface area contributed by atoms with Gasteiger partial charge in [-0.05, 0) is 78.5 Å². The Bertz CT molecular complexity index is 1700. The lowest BCUT2D eigenvalue weighted by atomic mass is 10.1. The Morgan fingerprint density at radius 2 is 1.75 bits per heavy atom. The predicted octanol–water partition coefficient (Wildman–Crippen LogP) is 5.28. The van der Waals surface area contributed by atoms with Crippen molar-refractivity contribution < 1.29 is 14.6 Å². The minimum Gasteiger partial charge on any atom is -0.494 e. The first-order valence-electron chi connectivity index (χ1n) is 15.4. The second-order valence-electron chi connectivity index (χ2n) is 11.2. The first kappa shape index (κ1) is 30.3. The topological polar surface area (TPSA) is 79.2 Å². The van der Waals surface area contributed by atoms with Crippen LogP contribution in [0, 0.1) is 0 Å². The van der Waals surface area contributed by atoms with Gasteiger partial charge in [0.15, 0.2) is 0 Å². The Morgan fingerprint density at radius 1 is 0.909 bits per heavy atom. The van der Waals surface area contributed by atoms with Crippen molar-refractivity contribution in [2.45, 2.75) is 32.4 Å². The smallest absolute Gasteiger partial charge is 0.252 e. The van der Waals surface area contributed by atoms with Crippen molar-refractivity contribution >= 4 is 38.0 Å². The average Bonchev–Trinajstić information content (AvgIpc) is 3.54.